The topological polar surface area (TPSA) is 71.1 Å². The van der Waals surface area contributed by atoms with Gasteiger partial charge in [0.05, 0.1) is 0 Å². The summed E-state index contributed by atoms with van der Waals surface area (Å²) in [6.07, 6.45) is 2.02. The second-order valence-electron chi connectivity index (χ2n) is 2.10. The molecule has 0 aliphatic carbocycles. The predicted molar refractivity (Wildman–Crippen MR) is 49.3 cm³/mol. The zero-order chi connectivity index (χ0) is 11.5. The van der Waals surface area contributed by atoms with Gasteiger partial charge >= 0.3 is 11.9 Å². The molecule has 0 saturated carbocycles. The quantitative estimate of drug-likeness (QED) is 0.252. The molecular weight excluding hydrogens is 204 g/mol. The van der Waals surface area contributed by atoms with Crippen LogP contribution < -0.4 is 0 Å². The van der Waals surface area contributed by atoms with Crippen LogP contribution in [0.4, 0.5) is 0 Å². The van der Waals surface area contributed by atoms with Crippen LogP contribution in [0.3, 0.4) is 0 Å². The van der Waals surface area contributed by atoms with Crippen molar-refractivity contribution >= 4 is 11.9 Å². The first-order valence-corrected chi connectivity index (χ1v) is 3.94. The number of esters is 2. The summed E-state index contributed by atoms with van der Waals surface area (Å²) < 4.78 is 18.3. The number of hydrogen-bond donors (Lipinski definition) is 0. The van der Waals surface area contributed by atoms with Gasteiger partial charge in [-0.25, -0.2) is 9.59 Å². The Morgan fingerprint density at radius 3 is 1.60 bits per heavy atom. The predicted octanol–water partition coefficient (Wildman–Crippen LogP) is 0.350. The molecule has 0 aromatic rings. The third-order valence-electron chi connectivity index (χ3n) is 1.07. The lowest BCUT2D eigenvalue weighted by Gasteiger charge is -2.05. The summed E-state index contributed by atoms with van der Waals surface area (Å²) >= 11 is 0. The minimum Gasteiger partial charge on any atom is -0.435 e. The van der Waals surface area contributed by atoms with Crippen LogP contribution in [0.1, 0.15) is 0 Å². The normalized spacial score (nSPS) is 9.07. The molecule has 0 fully saturated rings. The molecule has 0 amide bonds. The van der Waals surface area contributed by atoms with E-state index in [4.69, 9.17) is 9.47 Å². The van der Waals surface area contributed by atoms with Crippen molar-refractivity contribution in [2.24, 2.45) is 0 Å². The van der Waals surface area contributed by atoms with Gasteiger partial charge in [0.1, 0.15) is 0 Å². The van der Waals surface area contributed by atoms with Crippen molar-refractivity contribution in [3.8, 4) is 0 Å². The monoisotopic (exact) mass is 216 g/mol. The van der Waals surface area contributed by atoms with Crippen LogP contribution in [-0.2, 0) is 28.5 Å². The summed E-state index contributed by atoms with van der Waals surface area (Å²) in [6, 6.07) is 0. The summed E-state index contributed by atoms with van der Waals surface area (Å²) in [5.41, 5.74) is 0. The molecule has 0 atom stereocenters. The molecule has 0 radical (unpaired) electrons. The lowest BCUT2D eigenvalue weighted by Crippen LogP contribution is -2.11. The van der Waals surface area contributed by atoms with Gasteiger partial charge in [-0.3, -0.25) is 0 Å². The Balaban J connectivity index is 3.18. The van der Waals surface area contributed by atoms with E-state index in [0.717, 1.165) is 12.2 Å². The highest BCUT2D eigenvalue weighted by Crippen LogP contribution is 1.85. The van der Waals surface area contributed by atoms with Gasteiger partial charge in [-0.1, -0.05) is 13.2 Å². The van der Waals surface area contributed by atoms with Crippen LogP contribution in [0.2, 0.25) is 0 Å². The zero-order valence-electron chi connectivity index (χ0n) is 8.14. The van der Waals surface area contributed by atoms with Crippen molar-refractivity contribution in [1.29, 1.82) is 0 Å². The molecule has 0 N–H and O–H groups in total. The lowest BCUT2D eigenvalue weighted by molar-refractivity contribution is -0.181. The number of ether oxygens (including phenoxy) is 4. The molecule has 0 aliphatic heterocycles. The SMILES string of the molecule is C=CC(=O)OCOCOCOC(=O)C=C. The Bertz CT molecular complexity index is 211. The molecule has 0 bridgehead atoms. The summed E-state index contributed by atoms with van der Waals surface area (Å²) in [6.45, 7) is 5.72. The molecule has 0 heterocycles. The van der Waals surface area contributed by atoms with Crippen LogP contribution in [0.25, 0.3) is 0 Å². The van der Waals surface area contributed by atoms with Crippen LogP contribution in [0, 0.1) is 0 Å². The van der Waals surface area contributed by atoms with E-state index in [1.165, 1.54) is 0 Å². The molecule has 0 aliphatic rings. The Kier molecular flexibility index (Phi) is 7.93. The van der Waals surface area contributed by atoms with Gasteiger partial charge in [0.15, 0.2) is 20.4 Å². The van der Waals surface area contributed by atoms with Gasteiger partial charge in [-0.05, 0) is 0 Å². The molecular formula is C9H12O6. The van der Waals surface area contributed by atoms with Crippen molar-refractivity contribution in [3.63, 3.8) is 0 Å². The van der Waals surface area contributed by atoms with Crippen molar-refractivity contribution < 1.29 is 28.5 Å². The average molecular weight is 216 g/mol. The molecule has 0 unspecified atom stereocenters. The number of hydrogen-bond acceptors (Lipinski definition) is 6. The molecule has 0 saturated heterocycles. The van der Waals surface area contributed by atoms with Crippen molar-refractivity contribution in [3.05, 3.63) is 25.3 Å². The number of carbonyl (C=O) groups is 2. The lowest BCUT2D eigenvalue weighted by atomic mass is 10.7. The Morgan fingerprint density at radius 2 is 1.27 bits per heavy atom. The highest BCUT2D eigenvalue weighted by molar-refractivity contribution is 5.81. The maximum Gasteiger partial charge on any atom is 0.332 e. The second kappa shape index (κ2) is 8.92. The van der Waals surface area contributed by atoms with Crippen LogP contribution in [0.15, 0.2) is 25.3 Å². The Labute approximate surface area is 87.1 Å². The van der Waals surface area contributed by atoms with Gasteiger partial charge < -0.3 is 18.9 Å². The first kappa shape index (κ1) is 13.3. The molecule has 6 nitrogen and oxygen atoms in total. The smallest absolute Gasteiger partial charge is 0.332 e. The maximum atomic E-state index is 10.5. The molecule has 0 rings (SSSR count). The van der Waals surface area contributed by atoms with Crippen molar-refractivity contribution in [2.75, 3.05) is 20.4 Å². The first-order valence-electron chi connectivity index (χ1n) is 3.94. The third kappa shape index (κ3) is 8.66. The van der Waals surface area contributed by atoms with Crippen molar-refractivity contribution in [2.45, 2.75) is 0 Å². The van der Waals surface area contributed by atoms with Gasteiger partial charge in [0.2, 0.25) is 0 Å². The van der Waals surface area contributed by atoms with E-state index in [-0.39, 0.29) is 20.4 Å². The van der Waals surface area contributed by atoms with Crippen LogP contribution >= 0.6 is 0 Å². The van der Waals surface area contributed by atoms with Gasteiger partial charge in [0, 0.05) is 12.2 Å². The second-order valence-corrected chi connectivity index (χ2v) is 2.10. The van der Waals surface area contributed by atoms with Crippen LogP contribution in [0.5, 0.6) is 0 Å². The van der Waals surface area contributed by atoms with Gasteiger partial charge in [0.25, 0.3) is 0 Å². The Hall–Kier alpha value is -1.66. The van der Waals surface area contributed by atoms with E-state index in [2.05, 4.69) is 22.6 Å². The Morgan fingerprint density at radius 1 is 0.867 bits per heavy atom. The molecule has 6 heteroatoms. The summed E-state index contributed by atoms with van der Waals surface area (Å²) in [5.74, 6) is -1.18. The average Bonchev–Trinajstić information content (AvgIpc) is 2.26. The molecule has 0 spiro atoms. The number of carbonyl (C=O) groups excluding carboxylic acids is 2. The van der Waals surface area contributed by atoms with E-state index >= 15 is 0 Å². The van der Waals surface area contributed by atoms with E-state index in [1.807, 2.05) is 0 Å². The fraction of sp³-hybridized carbons (Fsp3) is 0.333. The highest BCUT2D eigenvalue weighted by Gasteiger charge is 1.96. The fourth-order valence-electron chi connectivity index (χ4n) is 0.444. The van der Waals surface area contributed by atoms with E-state index in [9.17, 15) is 9.59 Å². The van der Waals surface area contributed by atoms with E-state index in [1.54, 1.807) is 0 Å². The third-order valence-corrected chi connectivity index (χ3v) is 1.07. The van der Waals surface area contributed by atoms with E-state index < -0.39 is 11.9 Å². The first-order chi connectivity index (χ1) is 7.20. The standard InChI is InChI=1S/C9H12O6/c1-3-8(10)14-6-12-5-13-7-15-9(11)4-2/h3-4H,1-2,5-7H2. The fourth-order valence-corrected chi connectivity index (χ4v) is 0.444. The summed E-state index contributed by atoms with van der Waals surface area (Å²) in [5, 5.41) is 0. The van der Waals surface area contributed by atoms with Gasteiger partial charge in [-0.15, -0.1) is 0 Å². The molecule has 0 aromatic carbocycles. The zero-order valence-corrected chi connectivity index (χ0v) is 8.14. The minimum absolute atomic E-state index is 0.158. The summed E-state index contributed by atoms with van der Waals surface area (Å²) in [7, 11) is 0. The highest BCUT2D eigenvalue weighted by atomic mass is 16.8. The molecule has 0 aromatic heterocycles. The van der Waals surface area contributed by atoms with Gasteiger partial charge in [-0.2, -0.15) is 0 Å². The largest absolute Gasteiger partial charge is 0.435 e. The van der Waals surface area contributed by atoms with E-state index in [0.29, 0.717) is 0 Å². The molecule has 84 valence electrons. The maximum absolute atomic E-state index is 10.5. The summed E-state index contributed by atoms with van der Waals surface area (Å²) in [4.78, 5) is 21.0. The van der Waals surface area contributed by atoms with Crippen LogP contribution in [-0.4, -0.2) is 32.3 Å². The minimum atomic E-state index is -0.590. The number of rotatable bonds is 8. The van der Waals surface area contributed by atoms with Crippen molar-refractivity contribution in [1.82, 2.24) is 0 Å². The molecule has 15 heavy (non-hydrogen) atoms.